The van der Waals surface area contributed by atoms with Crippen molar-refractivity contribution in [3.05, 3.63) is 23.2 Å². The molecule has 2 N–H and O–H groups in total. The van der Waals surface area contributed by atoms with Crippen molar-refractivity contribution in [2.45, 2.75) is 19.9 Å². The summed E-state index contributed by atoms with van der Waals surface area (Å²) < 4.78 is 1.72. The number of anilines is 1. The first-order valence-electron chi connectivity index (χ1n) is 6.14. The van der Waals surface area contributed by atoms with Crippen molar-refractivity contribution >= 4 is 34.5 Å². The molecule has 6 heteroatoms. The van der Waals surface area contributed by atoms with E-state index in [1.807, 2.05) is 26.0 Å². The van der Waals surface area contributed by atoms with Gasteiger partial charge in [0.15, 0.2) is 0 Å². The minimum Gasteiger partial charge on any atom is -0.369 e. The van der Waals surface area contributed by atoms with Crippen LogP contribution in [-0.4, -0.2) is 34.0 Å². The third kappa shape index (κ3) is 2.26. The van der Waals surface area contributed by atoms with Gasteiger partial charge in [0.05, 0.1) is 10.5 Å². The summed E-state index contributed by atoms with van der Waals surface area (Å²) in [6.45, 7) is 4.39. The molecule has 2 rings (SSSR count). The normalized spacial score (nSPS) is 12.6. The average molecular weight is 281 g/mol. The zero-order valence-corrected chi connectivity index (χ0v) is 12.0. The number of imidazole rings is 1. The van der Waals surface area contributed by atoms with Gasteiger partial charge in [-0.05, 0) is 26.0 Å². The summed E-state index contributed by atoms with van der Waals surface area (Å²) in [7, 11) is 1.77. The van der Waals surface area contributed by atoms with E-state index in [0.717, 1.165) is 5.52 Å². The van der Waals surface area contributed by atoms with E-state index in [2.05, 4.69) is 4.98 Å². The molecule has 0 bridgehead atoms. The van der Waals surface area contributed by atoms with Gasteiger partial charge in [0.25, 0.3) is 0 Å². The number of nitrogens with zero attached hydrogens (tertiary/aromatic N) is 3. The van der Waals surface area contributed by atoms with Crippen LogP contribution in [0.15, 0.2) is 18.2 Å². The first kappa shape index (κ1) is 13.7. The molecule has 0 aliphatic heterocycles. The number of hydrogen-bond acceptors (Lipinski definition) is 3. The summed E-state index contributed by atoms with van der Waals surface area (Å²) in [5.41, 5.74) is 7.32. The fraction of sp³-hybridized carbons (Fsp3) is 0.385. The second-order valence-electron chi connectivity index (χ2n) is 4.48. The number of likely N-dealkylation sites (N-methyl/N-ethyl adjacent to an activating group) is 1. The van der Waals surface area contributed by atoms with Gasteiger partial charge in [-0.15, -0.1) is 0 Å². The molecule has 1 amide bonds. The number of aromatic nitrogens is 2. The molecule has 1 unspecified atom stereocenters. The van der Waals surface area contributed by atoms with Crippen LogP contribution >= 0.6 is 11.6 Å². The van der Waals surface area contributed by atoms with Gasteiger partial charge in [0, 0.05) is 13.6 Å². The largest absolute Gasteiger partial charge is 0.369 e. The minimum atomic E-state index is -0.409. The lowest BCUT2D eigenvalue weighted by Crippen LogP contribution is -2.33. The van der Waals surface area contributed by atoms with Crippen LogP contribution in [0.4, 0.5) is 5.95 Å². The molecule has 0 aliphatic carbocycles. The predicted octanol–water partition coefficient (Wildman–Crippen LogP) is 2.31. The smallest absolute Gasteiger partial charge is 0.245 e. The van der Waals surface area contributed by atoms with E-state index in [1.54, 1.807) is 22.6 Å². The van der Waals surface area contributed by atoms with Crippen molar-refractivity contribution in [1.29, 1.82) is 0 Å². The number of halogens is 1. The number of nitrogens with two attached hydrogens (primary N) is 1. The molecule has 1 heterocycles. The van der Waals surface area contributed by atoms with E-state index in [0.29, 0.717) is 23.0 Å². The molecule has 0 spiro atoms. The van der Waals surface area contributed by atoms with Gasteiger partial charge < -0.3 is 10.6 Å². The second kappa shape index (κ2) is 5.09. The molecular weight excluding hydrogens is 264 g/mol. The lowest BCUT2D eigenvalue weighted by atomic mass is 10.2. The number of rotatable bonds is 3. The van der Waals surface area contributed by atoms with Crippen molar-refractivity contribution in [2.75, 3.05) is 19.3 Å². The van der Waals surface area contributed by atoms with Crippen molar-refractivity contribution < 1.29 is 4.79 Å². The van der Waals surface area contributed by atoms with Gasteiger partial charge in [-0.1, -0.05) is 17.7 Å². The second-order valence-corrected chi connectivity index (χ2v) is 4.88. The van der Waals surface area contributed by atoms with E-state index in [1.165, 1.54) is 0 Å². The number of amides is 1. The Morgan fingerprint density at radius 2 is 2.26 bits per heavy atom. The number of fused-ring (bicyclic) bond motifs is 1. The molecule has 0 aliphatic rings. The molecule has 0 fully saturated rings. The number of nitrogen functional groups attached to an aromatic ring is 1. The molecule has 5 nitrogen and oxygen atoms in total. The zero-order chi connectivity index (χ0) is 14.2. The highest BCUT2D eigenvalue weighted by molar-refractivity contribution is 6.35. The van der Waals surface area contributed by atoms with Crippen LogP contribution in [0.1, 0.15) is 19.9 Å². The maximum Gasteiger partial charge on any atom is 0.245 e. The van der Waals surface area contributed by atoms with Crippen LogP contribution in [0.2, 0.25) is 5.02 Å². The van der Waals surface area contributed by atoms with Crippen LogP contribution in [-0.2, 0) is 4.79 Å². The molecule has 0 radical (unpaired) electrons. The van der Waals surface area contributed by atoms with Crippen LogP contribution in [0.3, 0.4) is 0 Å². The Kier molecular flexibility index (Phi) is 3.66. The van der Waals surface area contributed by atoms with Gasteiger partial charge >= 0.3 is 0 Å². The molecule has 0 saturated carbocycles. The third-order valence-corrected chi connectivity index (χ3v) is 3.60. The Morgan fingerprint density at radius 1 is 1.58 bits per heavy atom. The van der Waals surface area contributed by atoms with Crippen LogP contribution < -0.4 is 5.73 Å². The maximum absolute atomic E-state index is 12.2. The Bertz CT molecular complexity index is 622. The molecule has 1 aromatic carbocycles. The Morgan fingerprint density at radius 3 is 2.89 bits per heavy atom. The zero-order valence-electron chi connectivity index (χ0n) is 11.2. The summed E-state index contributed by atoms with van der Waals surface area (Å²) in [6.07, 6.45) is 0. The quantitative estimate of drug-likeness (QED) is 0.938. The molecule has 1 aromatic heterocycles. The Labute approximate surface area is 117 Å². The summed E-state index contributed by atoms with van der Waals surface area (Å²) in [5.74, 6) is 0.293. The van der Waals surface area contributed by atoms with Crippen molar-refractivity contribution in [2.24, 2.45) is 0 Å². The van der Waals surface area contributed by atoms with E-state index in [-0.39, 0.29) is 5.91 Å². The molecule has 102 valence electrons. The first-order valence-corrected chi connectivity index (χ1v) is 6.52. The van der Waals surface area contributed by atoms with E-state index < -0.39 is 6.04 Å². The minimum absolute atomic E-state index is 0.00604. The van der Waals surface area contributed by atoms with Gasteiger partial charge in [0.2, 0.25) is 11.9 Å². The van der Waals surface area contributed by atoms with Crippen molar-refractivity contribution in [3.63, 3.8) is 0 Å². The number of carbonyl (C=O) groups excluding carboxylic acids is 1. The first-order chi connectivity index (χ1) is 8.97. The summed E-state index contributed by atoms with van der Waals surface area (Å²) >= 11 is 6.09. The van der Waals surface area contributed by atoms with E-state index in [4.69, 9.17) is 17.3 Å². The molecule has 1 atom stereocenters. The average Bonchev–Trinajstić information content (AvgIpc) is 2.74. The van der Waals surface area contributed by atoms with Crippen molar-refractivity contribution in [3.8, 4) is 0 Å². The third-order valence-electron chi connectivity index (χ3n) is 3.29. The molecule has 19 heavy (non-hydrogen) atoms. The predicted molar refractivity (Wildman–Crippen MR) is 77.2 cm³/mol. The highest BCUT2D eigenvalue weighted by Gasteiger charge is 2.23. The lowest BCUT2D eigenvalue weighted by Gasteiger charge is -2.21. The number of benzene rings is 1. The number of para-hydroxylation sites is 1. The molecular formula is C13H17ClN4O. The SMILES string of the molecule is CCN(C)C(=O)C(C)n1c(N)nc2c(Cl)cccc21. The Balaban J connectivity index is 2.53. The van der Waals surface area contributed by atoms with Crippen LogP contribution in [0, 0.1) is 0 Å². The topological polar surface area (TPSA) is 64.2 Å². The molecule has 2 aromatic rings. The number of hydrogen-bond donors (Lipinski definition) is 1. The van der Waals surface area contributed by atoms with Crippen LogP contribution in [0.25, 0.3) is 11.0 Å². The number of carbonyl (C=O) groups is 1. The van der Waals surface area contributed by atoms with E-state index >= 15 is 0 Å². The van der Waals surface area contributed by atoms with Crippen molar-refractivity contribution in [1.82, 2.24) is 14.5 Å². The standard InChI is InChI=1S/C13H17ClN4O/c1-4-17(3)12(19)8(2)18-10-7-5-6-9(14)11(10)16-13(18)15/h5-8H,4H2,1-3H3,(H2,15,16). The maximum atomic E-state index is 12.2. The van der Waals surface area contributed by atoms with Crippen LogP contribution in [0.5, 0.6) is 0 Å². The van der Waals surface area contributed by atoms with Gasteiger partial charge in [-0.2, -0.15) is 0 Å². The summed E-state index contributed by atoms with van der Waals surface area (Å²) in [5, 5.41) is 0.534. The lowest BCUT2D eigenvalue weighted by molar-refractivity contribution is -0.132. The summed E-state index contributed by atoms with van der Waals surface area (Å²) in [4.78, 5) is 18.1. The highest BCUT2D eigenvalue weighted by atomic mass is 35.5. The van der Waals surface area contributed by atoms with Gasteiger partial charge in [-0.3, -0.25) is 9.36 Å². The fourth-order valence-corrected chi connectivity index (χ4v) is 2.30. The van der Waals surface area contributed by atoms with Gasteiger partial charge in [-0.25, -0.2) is 4.98 Å². The fourth-order valence-electron chi connectivity index (χ4n) is 2.09. The molecule has 0 saturated heterocycles. The summed E-state index contributed by atoms with van der Waals surface area (Å²) in [6, 6.07) is 5.03. The van der Waals surface area contributed by atoms with Gasteiger partial charge in [0.1, 0.15) is 11.6 Å². The van der Waals surface area contributed by atoms with E-state index in [9.17, 15) is 4.79 Å². The monoisotopic (exact) mass is 280 g/mol. The highest BCUT2D eigenvalue weighted by Crippen LogP contribution is 2.28. The Hall–Kier alpha value is -1.75.